The Morgan fingerprint density at radius 1 is 0.869 bits per heavy atom. The molecule has 4 heterocycles. The van der Waals surface area contributed by atoms with Gasteiger partial charge in [0, 0.05) is 29.5 Å². The summed E-state index contributed by atoms with van der Waals surface area (Å²) in [4.78, 5) is 58.5. The normalized spacial score (nSPS) is 16.0. The van der Waals surface area contributed by atoms with Crippen LogP contribution >= 0.6 is 0 Å². The Bertz CT molecular complexity index is 2480. The van der Waals surface area contributed by atoms with Gasteiger partial charge in [-0.15, -0.1) is 0 Å². The Labute approximate surface area is 358 Å². The molecule has 1 N–H and O–H groups in total. The van der Waals surface area contributed by atoms with E-state index in [0.717, 1.165) is 27.8 Å². The van der Waals surface area contributed by atoms with Crippen molar-refractivity contribution in [3.05, 3.63) is 118 Å². The number of nitrogens with zero attached hydrogens (tertiary/aromatic N) is 2. The average Bonchev–Trinajstić information content (AvgIpc) is 3.59. The predicted molar refractivity (Wildman–Crippen MR) is 239 cm³/mol. The summed E-state index contributed by atoms with van der Waals surface area (Å²) in [7, 11) is -2.92. The lowest BCUT2D eigenvalue weighted by Crippen LogP contribution is -2.68. The molecule has 12 heteroatoms. The number of benzene rings is 3. The summed E-state index contributed by atoms with van der Waals surface area (Å²) in [6.07, 6.45) is 2.09. The van der Waals surface area contributed by atoms with Crippen LogP contribution in [0.3, 0.4) is 0 Å². The van der Waals surface area contributed by atoms with Gasteiger partial charge < -0.3 is 28.5 Å². The zero-order chi connectivity index (χ0) is 43.7. The Morgan fingerprint density at radius 3 is 2.15 bits per heavy atom. The van der Waals surface area contributed by atoms with Crippen molar-refractivity contribution in [1.29, 1.82) is 0 Å². The topological polar surface area (TPSA) is 135 Å². The molecular weight excluding hydrogens is 787 g/mol. The molecule has 2 aliphatic rings. The third-order valence-electron chi connectivity index (χ3n) is 11.8. The number of carbonyl (C=O) groups is 3. The second kappa shape index (κ2) is 17.0. The molecule has 1 amide bonds. The summed E-state index contributed by atoms with van der Waals surface area (Å²) in [6, 6.07) is 29.0. The van der Waals surface area contributed by atoms with Crippen molar-refractivity contribution in [2.75, 3.05) is 6.54 Å². The van der Waals surface area contributed by atoms with Gasteiger partial charge in [-0.2, -0.15) is 0 Å². The molecule has 7 rings (SSSR count). The third kappa shape index (κ3) is 8.22. The molecule has 0 bridgehead atoms. The van der Waals surface area contributed by atoms with Gasteiger partial charge in [0.05, 0.1) is 29.0 Å². The van der Waals surface area contributed by atoms with Crippen LogP contribution in [0.2, 0.25) is 5.04 Å². The smallest absolute Gasteiger partial charge is 0.407 e. The first-order valence-electron chi connectivity index (χ1n) is 21.4. The Hall–Kier alpha value is -5.75. The molecule has 0 saturated heterocycles. The first kappa shape index (κ1) is 43.3. The van der Waals surface area contributed by atoms with E-state index >= 15 is 0 Å². The molecule has 0 aliphatic carbocycles. The number of esters is 2. The van der Waals surface area contributed by atoms with E-state index in [-0.39, 0.29) is 30.0 Å². The largest absolute Gasteiger partial charge is 0.534 e. The number of alkyl carbamates (subject to hydrolysis) is 1. The van der Waals surface area contributed by atoms with E-state index in [4.69, 9.17) is 23.6 Å². The number of pyridine rings is 2. The van der Waals surface area contributed by atoms with E-state index < -0.39 is 37.6 Å². The minimum Gasteiger partial charge on any atom is -0.534 e. The number of hydrogen-bond acceptors (Lipinski definition) is 9. The zero-order valence-electron chi connectivity index (χ0n) is 36.6. The molecule has 0 unspecified atom stereocenters. The zero-order valence-corrected chi connectivity index (χ0v) is 37.6. The molecule has 11 nitrogen and oxygen atoms in total. The van der Waals surface area contributed by atoms with E-state index in [9.17, 15) is 19.2 Å². The van der Waals surface area contributed by atoms with Crippen LogP contribution in [0.4, 0.5) is 4.79 Å². The molecule has 2 aromatic heterocycles. The maximum absolute atomic E-state index is 14.4. The molecule has 0 saturated carbocycles. The van der Waals surface area contributed by atoms with Gasteiger partial charge in [0.1, 0.15) is 18.0 Å². The predicted octanol–water partition coefficient (Wildman–Crippen LogP) is 8.22. The number of carbonyl (C=O) groups excluding carboxylic acids is 3. The molecule has 2 aliphatic heterocycles. The monoisotopic (exact) mass is 843 g/mol. The molecule has 0 radical (unpaired) electrons. The SMILES string of the molecule is CCc1c2c(nc3ccc(O[Si](c4ccccc4)(c4ccccc4)C(C)(C)C)cc13)-c1cc3c(c(=O)n1C2)COC(=O)[C@@]3(CC)OC(=O)CCCCCNC(=O)OC(C)(C)C. The van der Waals surface area contributed by atoms with Crippen molar-refractivity contribution in [3.8, 4) is 17.1 Å². The van der Waals surface area contributed by atoms with Gasteiger partial charge in [0.25, 0.3) is 5.56 Å². The summed E-state index contributed by atoms with van der Waals surface area (Å²) in [5.74, 6) is -0.514. The number of cyclic esters (lactones) is 1. The quantitative estimate of drug-likeness (QED) is 0.0528. The molecule has 320 valence electrons. The van der Waals surface area contributed by atoms with Crippen molar-refractivity contribution in [3.63, 3.8) is 0 Å². The van der Waals surface area contributed by atoms with Crippen LogP contribution in [0, 0.1) is 0 Å². The average molecular weight is 844 g/mol. The molecule has 1 atom stereocenters. The molecule has 0 fully saturated rings. The van der Waals surface area contributed by atoms with Gasteiger partial charge in [-0.3, -0.25) is 9.59 Å². The van der Waals surface area contributed by atoms with Gasteiger partial charge in [-0.25, -0.2) is 14.6 Å². The summed E-state index contributed by atoms with van der Waals surface area (Å²) >= 11 is 0. The van der Waals surface area contributed by atoms with Gasteiger partial charge >= 0.3 is 26.3 Å². The van der Waals surface area contributed by atoms with Crippen LogP contribution in [0.15, 0.2) is 89.7 Å². The number of unbranched alkanes of at least 4 members (excludes halogenated alkanes) is 2. The number of fused-ring (bicyclic) bond motifs is 5. The molecule has 0 spiro atoms. The minimum absolute atomic E-state index is 0.0543. The number of ether oxygens (including phenoxy) is 3. The van der Waals surface area contributed by atoms with Gasteiger partial charge in [-0.05, 0) is 91.7 Å². The molecular formula is C49H57N3O8Si. The summed E-state index contributed by atoms with van der Waals surface area (Å²) in [5.41, 5.74) is 1.98. The van der Waals surface area contributed by atoms with Crippen LogP contribution in [-0.4, -0.2) is 48.0 Å². The van der Waals surface area contributed by atoms with Crippen molar-refractivity contribution < 1.29 is 33.0 Å². The first-order valence-corrected chi connectivity index (χ1v) is 23.3. The van der Waals surface area contributed by atoms with Crippen LogP contribution in [0.25, 0.3) is 22.3 Å². The van der Waals surface area contributed by atoms with E-state index in [2.05, 4.69) is 87.6 Å². The fourth-order valence-electron chi connectivity index (χ4n) is 8.91. The number of aromatic nitrogens is 2. The maximum Gasteiger partial charge on any atom is 0.407 e. The van der Waals surface area contributed by atoms with Gasteiger partial charge in [0.15, 0.2) is 0 Å². The van der Waals surface area contributed by atoms with Crippen molar-refractivity contribution in [1.82, 2.24) is 14.9 Å². The highest BCUT2D eigenvalue weighted by atomic mass is 28.4. The van der Waals surface area contributed by atoms with Crippen LogP contribution < -0.4 is 25.7 Å². The van der Waals surface area contributed by atoms with E-state index in [1.165, 1.54) is 10.4 Å². The molecule has 61 heavy (non-hydrogen) atoms. The number of hydrogen-bond donors (Lipinski definition) is 1. The van der Waals surface area contributed by atoms with Gasteiger partial charge in [-0.1, -0.05) is 102 Å². The lowest BCUT2D eigenvalue weighted by Gasteiger charge is -2.43. The minimum atomic E-state index is -2.92. The van der Waals surface area contributed by atoms with Crippen molar-refractivity contribution >= 4 is 47.6 Å². The van der Waals surface area contributed by atoms with Crippen LogP contribution in [0.5, 0.6) is 5.75 Å². The second-order valence-corrected chi connectivity index (χ2v) is 22.2. The fraction of sp³-hybridized carbons (Fsp3) is 0.408. The summed E-state index contributed by atoms with van der Waals surface area (Å²) in [6.45, 7) is 16.5. The lowest BCUT2D eigenvalue weighted by molar-refractivity contribution is -0.189. The summed E-state index contributed by atoms with van der Waals surface area (Å²) in [5, 5.41) is 5.80. The fourth-order valence-corrected chi connectivity index (χ4v) is 13.3. The van der Waals surface area contributed by atoms with Gasteiger partial charge in [0.2, 0.25) is 5.60 Å². The Kier molecular flexibility index (Phi) is 12.0. The number of nitrogens with one attached hydrogen (secondary N) is 1. The number of aryl methyl sites for hydroxylation is 1. The summed E-state index contributed by atoms with van der Waals surface area (Å²) < 4.78 is 26.0. The first-order chi connectivity index (χ1) is 29.0. The highest BCUT2D eigenvalue weighted by Crippen LogP contribution is 2.44. The lowest BCUT2D eigenvalue weighted by atomic mass is 9.85. The highest BCUT2D eigenvalue weighted by Gasteiger charge is 2.53. The van der Waals surface area contributed by atoms with Crippen molar-refractivity contribution in [2.45, 2.75) is 123 Å². The standard InChI is InChI=1S/C49H57N3O8Si/c1-9-35-36-28-32(60-61(48(6,7)8,33-20-14-11-15-21-33)34-22-16-12-17-23-34)25-26-40(36)51-43-37(35)30-52-41(43)29-39-38(44(52)54)31-57-45(55)49(39,10-2)58-42(53)24-18-13-19-27-50-46(56)59-47(3,4)5/h11-12,14-17,20-23,25-26,28-29H,9-10,13,18-19,24,27,30-31H2,1-8H3,(H,50,56)/t49-/m0/s1. The maximum atomic E-state index is 14.4. The Morgan fingerprint density at radius 2 is 1.54 bits per heavy atom. The number of amides is 1. The van der Waals surface area contributed by atoms with Crippen LogP contribution in [0.1, 0.15) is 110 Å². The molecule has 5 aromatic rings. The third-order valence-corrected chi connectivity index (χ3v) is 16.7. The number of rotatable bonds is 13. The molecule has 3 aromatic carbocycles. The van der Waals surface area contributed by atoms with E-state index in [1.54, 1.807) is 38.3 Å². The highest BCUT2D eigenvalue weighted by molar-refractivity contribution is 7.00. The van der Waals surface area contributed by atoms with Crippen LogP contribution in [-0.2, 0) is 49.0 Å². The van der Waals surface area contributed by atoms with Crippen molar-refractivity contribution in [2.24, 2.45) is 0 Å². The van der Waals surface area contributed by atoms with E-state index in [1.807, 2.05) is 24.3 Å². The van der Waals surface area contributed by atoms with E-state index in [0.29, 0.717) is 61.3 Å². The Balaban J connectivity index is 1.19. The second-order valence-electron chi connectivity index (χ2n) is 18.0.